The summed E-state index contributed by atoms with van der Waals surface area (Å²) < 4.78 is 11.0. The first-order chi connectivity index (χ1) is 24.8. The molecular weight excluding hydrogens is 646 g/mol. The summed E-state index contributed by atoms with van der Waals surface area (Å²) in [5, 5.41) is 4.58. The third-order valence-corrected chi connectivity index (χ3v) is 10.8. The fourth-order valence-corrected chi connectivity index (χ4v) is 7.86. The first-order valence-corrected chi connectivity index (χ1v) is 18.0. The smallest absolute Gasteiger partial charge is 0.407 e. The number of nitrogens with one attached hydrogen (secondary N) is 3. The van der Waals surface area contributed by atoms with Crippen LogP contribution in [0.4, 0.5) is 4.79 Å². The van der Waals surface area contributed by atoms with E-state index in [0.29, 0.717) is 25.5 Å². The third kappa shape index (κ3) is 6.06. The maximum absolute atomic E-state index is 13.2. The van der Waals surface area contributed by atoms with Crippen molar-refractivity contribution in [1.29, 1.82) is 0 Å². The van der Waals surface area contributed by atoms with Gasteiger partial charge in [0, 0.05) is 30.5 Å². The van der Waals surface area contributed by atoms with Crippen LogP contribution in [0.1, 0.15) is 81.7 Å². The van der Waals surface area contributed by atoms with Crippen LogP contribution in [-0.2, 0) is 20.9 Å². The largest absolute Gasteiger partial charge is 0.488 e. The molecule has 0 aliphatic carbocycles. The topological polar surface area (TPSA) is 146 Å². The third-order valence-electron chi connectivity index (χ3n) is 10.8. The molecule has 12 heteroatoms. The van der Waals surface area contributed by atoms with Crippen LogP contribution in [0.5, 0.6) is 5.75 Å². The molecule has 2 saturated heterocycles. The molecule has 3 aliphatic rings. The molecule has 0 saturated carbocycles. The summed E-state index contributed by atoms with van der Waals surface area (Å²) in [4.78, 5) is 58.0. The van der Waals surface area contributed by atoms with Gasteiger partial charge in [-0.3, -0.25) is 9.59 Å². The van der Waals surface area contributed by atoms with Crippen LogP contribution in [0, 0.1) is 5.92 Å². The number of ether oxygens (including phenoxy) is 2. The molecule has 51 heavy (non-hydrogen) atoms. The second-order valence-electron chi connectivity index (χ2n) is 14.0. The van der Waals surface area contributed by atoms with Crippen molar-refractivity contribution in [2.75, 3.05) is 26.7 Å². The molecule has 8 rings (SSSR count). The standard InChI is InChI=1S/C39H43N7O5/c1-4-22(2)15-34(47)45-13-6-8-32(45)38-42-29-12-10-23-17-28-26-11-9-24(16-25(26)21-51-33(28)18-27(23)36(29)44-38)30-19-40-37(43-30)31-7-5-14-46(31)35(48)20-41-39(49)50-3/h9-12,16-19,22,31-32H,4-8,13-15,20-21H2,1-3H3,(H,40,43)(H,41,49)(H,42,44)/t22-,31?,32?/m0/s1. The van der Waals surface area contributed by atoms with Crippen LogP contribution in [0.15, 0.2) is 48.7 Å². The fourth-order valence-electron chi connectivity index (χ4n) is 7.86. The molecule has 3 aromatic carbocycles. The highest BCUT2D eigenvalue weighted by Crippen LogP contribution is 2.43. The van der Waals surface area contributed by atoms with Crippen LogP contribution in [-0.4, -0.2) is 74.4 Å². The van der Waals surface area contributed by atoms with Gasteiger partial charge in [-0.25, -0.2) is 14.8 Å². The number of amides is 3. The molecule has 3 aliphatic heterocycles. The summed E-state index contributed by atoms with van der Waals surface area (Å²) in [6, 6.07) is 14.6. The highest BCUT2D eigenvalue weighted by Gasteiger charge is 2.34. The van der Waals surface area contributed by atoms with Crippen molar-refractivity contribution in [1.82, 2.24) is 35.1 Å². The molecule has 0 bridgehead atoms. The van der Waals surface area contributed by atoms with Crippen molar-refractivity contribution in [3.63, 3.8) is 0 Å². The zero-order valence-corrected chi connectivity index (χ0v) is 29.3. The monoisotopic (exact) mass is 689 g/mol. The van der Waals surface area contributed by atoms with E-state index in [2.05, 4.69) is 81.3 Å². The number of benzene rings is 3. The Kier molecular flexibility index (Phi) is 8.61. The van der Waals surface area contributed by atoms with E-state index in [1.54, 1.807) is 4.90 Å². The number of H-pyrrole nitrogens is 2. The van der Waals surface area contributed by atoms with Crippen molar-refractivity contribution < 1.29 is 23.9 Å². The highest BCUT2D eigenvalue weighted by atomic mass is 16.5. The lowest BCUT2D eigenvalue weighted by molar-refractivity contribution is -0.133. The summed E-state index contributed by atoms with van der Waals surface area (Å²) in [5.74, 6) is 2.82. The van der Waals surface area contributed by atoms with Gasteiger partial charge >= 0.3 is 6.09 Å². The number of aromatic nitrogens is 4. The molecular formula is C39H43N7O5. The number of carbonyl (C=O) groups excluding carboxylic acids is 3. The fraction of sp³-hybridized carbons (Fsp3) is 0.410. The number of carbonyl (C=O) groups is 3. The van der Waals surface area contributed by atoms with Crippen molar-refractivity contribution >= 4 is 39.7 Å². The number of aromatic amines is 2. The quantitative estimate of drug-likeness (QED) is 0.163. The van der Waals surface area contributed by atoms with Crippen LogP contribution in [0.25, 0.3) is 44.2 Å². The number of fused-ring (bicyclic) bond motifs is 6. The predicted molar refractivity (Wildman–Crippen MR) is 193 cm³/mol. The molecule has 3 atom stereocenters. The van der Waals surface area contributed by atoms with E-state index in [1.807, 2.05) is 11.1 Å². The minimum Gasteiger partial charge on any atom is -0.488 e. The van der Waals surface area contributed by atoms with Crippen molar-refractivity contribution in [2.45, 2.75) is 71.1 Å². The Morgan fingerprint density at radius 3 is 2.55 bits per heavy atom. The number of hydrogen-bond donors (Lipinski definition) is 3. The highest BCUT2D eigenvalue weighted by molar-refractivity contribution is 6.07. The summed E-state index contributed by atoms with van der Waals surface area (Å²) in [6.45, 7) is 5.97. The SMILES string of the molecule is CC[C@H](C)CC(=O)N1CCCC1c1nc2c(ccc3cc4c(cc32)OCc2cc(-c3cnc(C5CCCN5C(=O)CNC(=O)OC)[nH]3)ccc2-4)[nH]1. The maximum atomic E-state index is 13.2. The number of likely N-dealkylation sites (tertiary alicyclic amines) is 2. The van der Waals surface area contributed by atoms with Gasteiger partial charge in [0.15, 0.2) is 0 Å². The lowest BCUT2D eigenvalue weighted by Gasteiger charge is -2.24. The molecule has 3 N–H and O–H groups in total. The van der Waals surface area contributed by atoms with Crippen LogP contribution >= 0.6 is 0 Å². The van der Waals surface area contributed by atoms with Gasteiger partial charge in [0.2, 0.25) is 11.8 Å². The zero-order valence-electron chi connectivity index (χ0n) is 29.3. The van der Waals surface area contributed by atoms with E-state index < -0.39 is 6.09 Å². The number of rotatable bonds is 8. The zero-order chi connectivity index (χ0) is 35.2. The summed E-state index contributed by atoms with van der Waals surface area (Å²) in [6.07, 6.45) is 6.30. The molecule has 12 nitrogen and oxygen atoms in total. The molecule has 2 unspecified atom stereocenters. The number of methoxy groups -OCH3 is 1. The van der Waals surface area contributed by atoms with Crippen molar-refractivity contribution in [3.8, 4) is 28.1 Å². The van der Waals surface area contributed by atoms with Gasteiger partial charge in [-0.2, -0.15) is 0 Å². The van der Waals surface area contributed by atoms with E-state index in [0.717, 1.165) is 106 Å². The van der Waals surface area contributed by atoms with Gasteiger partial charge in [0.1, 0.15) is 30.5 Å². The minimum absolute atomic E-state index is 0.0279. The van der Waals surface area contributed by atoms with Gasteiger partial charge in [-0.1, -0.05) is 38.5 Å². The molecule has 2 aromatic heterocycles. The van der Waals surface area contributed by atoms with E-state index in [1.165, 1.54) is 7.11 Å². The normalized spacial score (nSPS) is 18.8. The average molecular weight is 690 g/mol. The van der Waals surface area contributed by atoms with Gasteiger partial charge in [0.25, 0.3) is 0 Å². The minimum atomic E-state index is -0.631. The Bertz CT molecular complexity index is 2150. The molecule has 264 valence electrons. The van der Waals surface area contributed by atoms with E-state index >= 15 is 0 Å². The molecule has 5 heterocycles. The molecule has 0 radical (unpaired) electrons. The second kappa shape index (κ2) is 13.4. The van der Waals surface area contributed by atoms with Crippen molar-refractivity contribution in [3.05, 3.63) is 65.9 Å². The number of hydrogen-bond acceptors (Lipinski definition) is 7. The Hall–Kier alpha value is -5.39. The second-order valence-corrected chi connectivity index (χ2v) is 14.0. The number of imidazole rings is 2. The van der Waals surface area contributed by atoms with E-state index in [-0.39, 0.29) is 30.4 Å². The summed E-state index contributed by atoms with van der Waals surface area (Å²) in [5.41, 5.74) is 6.94. The van der Waals surface area contributed by atoms with E-state index in [4.69, 9.17) is 9.72 Å². The lowest BCUT2D eigenvalue weighted by atomic mass is 9.92. The molecule has 0 spiro atoms. The molecule has 3 amide bonds. The van der Waals surface area contributed by atoms with Gasteiger partial charge in [-0.05, 0) is 77.9 Å². The molecule has 2 fully saturated rings. The van der Waals surface area contributed by atoms with Gasteiger partial charge < -0.3 is 34.6 Å². The number of alkyl carbamates (subject to hydrolysis) is 1. The Morgan fingerprint density at radius 1 is 0.980 bits per heavy atom. The first kappa shape index (κ1) is 32.8. The Morgan fingerprint density at radius 2 is 1.76 bits per heavy atom. The van der Waals surface area contributed by atoms with Crippen LogP contribution in [0.3, 0.4) is 0 Å². The Balaban J connectivity index is 1.03. The van der Waals surface area contributed by atoms with Crippen LogP contribution in [0.2, 0.25) is 0 Å². The predicted octanol–water partition coefficient (Wildman–Crippen LogP) is 6.78. The number of nitrogens with zero attached hydrogens (tertiary/aromatic N) is 4. The Labute approximate surface area is 295 Å². The lowest BCUT2D eigenvalue weighted by Crippen LogP contribution is -2.40. The van der Waals surface area contributed by atoms with E-state index in [9.17, 15) is 14.4 Å². The van der Waals surface area contributed by atoms with Gasteiger partial charge in [-0.15, -0.1) is 0 Å². The van der Waals surface area contributed by atoms with Gasteiger partial charge in [0.05, 0.1) is 42.1 Å². The first-order valence-electron chi connectivity index (χ1n) is 18.0. The summed E-state index contributed by atoms with van der Waals surface area (Å²) >= 11 is 0. The maximum Gasteiger partial charge on any atom is 0.407 e. The van der Waals surface area contributed by atoms with Crippen molar-refractivity contribution in [2.24, 2.45) is 5.92 Å². The summed E-state index contributed by atoms with van der Waals surface area (Å²) in [7, 11) is 1.27. The van der Waals surface area contributed by atoms with Crippen LogP contribution < -0.4 is 10.1 Å². The average Bonchev–Trinajstić information content (AvgIpc) is 3.98. The molecule has 5 aromatic rings.